The summed E-state index contributed by atoms with van der Waals surface area (Å²) in [6.07, 6.45) is 0. The molecule has 0 saturated carbocycles. The van der Waals surface area contributed by atoms with Crippen LogP contribution in [0.15, 0.2) is 45.3 Å². The third-order valence-electron chi connectivity index (χ3n) is 4.11. The molecule has 1 heterocycles. The number of hydrogen-bond donors (Lipinski definition) is 1. The Morgan fingerprint density at radius 1 is 1.15 bits per heavy atom. The van der Waals surface area contributed by atoms with Gasteiger partial charge in [-0.05, 0) is 53.5 Å². The van der Waals surface area contributed by atoms with Crippen LogP contribution >= 0.6 is 31.9 Å². The quantitative estimate of drug-likeness (QED) is 0.557. The smallest absolute Gasteiger partial charge is 0.338 e. The number of carboxylic acid groups (broad SMARTS) is 1. The Balaban J connectivity index is 1.97. The van der Waals surface area contributed by atoms with Crippen molar-refractivity contribution < 1.29 is 19.4 Å². The van der Waals surface area contributed by atoms with Crippen LogP contribution in [0.4, 0.5) is 0 Å². The number of halogens is 2. The lowest BCUT2D eigenvalue weighted by molar-refractivity contribution is 0.0698. The normalized spacial score (nSPS) is 10.9. The number of hydrogen-bond acceptors (Lipinski definition) is 3. The molecule has 0 radical (unpaired) electrons. The third-order valence-corrected chi connectivity index (χ3v) is 5.16. The first kappa shape index (κ1) is 18.7. The van der Waals surface area contributed by atoms with E-state index in [-0.39, 0.29) is 18.1 Å². The average molecular weight is 481 g/mol. The van der Waals surface area contributed by atoms with Crippen molar-refractivity contribution >= 4 is 54.6 Å². The van der Waals surface area contributed by atoms with E-state index in [1.165, 1.54) is 4.57 Å². The molecule has 3 rings (SSSR count). The number of rotatable bonds is 4. The Labute approximate surface area is 166 Å². The van der Waals surface area contributed by atoms with Gasteiger partial charge in [-0.3, -0.25) is 9.36 Å². The van der Waals surface area contributed by atoms with E-state index in [9.17, 15) is 14.7 Å². The minimum absolute atomic E-state index is 0.134. The molecule has 0 aliphatic carbocycles. The molecule has 0 spiro atoms. The zero-order valence-electron chi connectivity index (χ0n) is 14.0. The van der Waals surface area contributed by atoms with Crippen molar-refractivity contribution in [2.75, 3.05) is 6.61 Å². The Morgan fingerprint density at radius 2 is 1.85 bits per heavy atom. The summed E-state index contributed by atoms with van der Waals surface area (Å²) < 4.78 is 8.77. The predicted octanol–water partition coefficient (Wildman–Crippen LogP) is 5.20. The first-order valence-electron chi connectivity index (χ1n) is 7.76. The van der Waals surface area contributed by atoms with Crippen molar-refractivity contribution in [1.29, 1.82) is 0 Å². The van der Waals surface area contributed by atoms with Crippen molar-refractivity contribution in [3.8, 4) is 5.75 Å². The molecule has 0 bridgehead atoms. The first-order valence-corrected chi connectivity index (χ1v) is 9.35. The number of aryl methyl sites for hydroxylation is 1. The van der Waals surface area contributed by atoms with Gasteiger partial charge in [-0.25, -0.2) is 4.79 Å². The number of carbonyl (C=O) groups is 2. The molecule has 26 heavy (non-hydrogen) atoms. The molecule has 1 aromatic heterocycles. The maximum Gasteiger partial charge on any atom is 0.338 e. The van der Waals surface area contributed by atoms with Gasteiger partial charge in [-0.2, -0.15) is 0 Å². The second-order valence-electron chi connectivity index (χ2n) is 5.83. The lowest BCUT2D eigenvalue weighted by atomic mass is 10.1. The van der Waals surface area contributed by atoms with Crippen LogP contribution in [0.1, 0.15) is 26.4 Å². The number of benzene rings is 2. The minimum Gasteiger partial charge on any atom is -0.482 e. The van der Waals surface area contributed by atoms with Crippen molar-refractivity contribution in [3.05, 3.63) is 62.2 Å². The van der Waals surface area contributed by atoms with E-state index >= 15 is 0 Å². The van der Waals surface area contributed by atoms with Gasteiger partial charge in [-0.1, -0.05) is 34.1 Å². The number of carbonyl (C=O) groups excluding carboxylic acids is 1. The fraction of sp³-hybridized carbons (Fsp3) is 0.158. The highest BCUT2D eigenvalue weighted by Crippen LogP contribution is 2.32. The summed E-state index contributed by atoms with van der Waals surface area (Å²) >= 11 is 6.84. The largest absolute Gasteiger partial charge is 0.482 e. The molecule has 0 fully saturated rings. The summed E-state index contributed by atoms with van der Waals surface area (Å²) in [5.41, 5.74) is 1.95. The molecule has 0 aliphatic heterocycles. The molecule has 0 saturated heterocycles. The lowest BCUT2D eigenvalue weighted by Gasteiger charge is -2.13. The number of ether oxygens (including phenoxy) is 1. The molecular weight excluding hydrogens is 466 g/mol. The second-order valence-corrected chi connectivity index (χ2v) is 7.60. The molecule has 3 aromatic rings. The zero-order valence-corrected chi connectivity index (χ0v) is 17.2. The van der Waals surface area contributed by atoms with Crippen LogP contribution in [0, 0.1) is 13.8 Å². The summed E-state index contributed by atoms with van der Waals surface area (Å²) in [5, 5.41) is 10.0. The standard InChI is InChI=1S/C19H15Br2NO4/c1-10-7-12(20)8-14(21)18(10)26-9-16(23)22-11(2)17(19(24)25)13-5-3-4-6-15(13)22/h3-8H,9H2,1-2H3,(H,24,25). The molecule has 0 aliphatic rings. The fourth-order valence-electron chi connectivity index (χ4n) is 3.03. The van der Waals surface area contributed by atoms with Crippen molar-refractivity contribution in [2.24, 2.45) is 0 Å². The molecule has 0 unspecified atom stereocenters. The van der Waals surface area contributed by atoms with Crippen molar-refractivity contribution in [1.82, 2.24) is 4.57 Å². The van der Waals surface area contributed by atoms with Gasteiger partial charge in [0.2, 0.25) is 0 Å². The first-order chi connectivity index (χ1) is 12.3. The van der Waals surface area contributed by atoms with E-state index in [0.29, 0.717) is 22.3 Å². The maximum absolute atomic E-state index is 12.8. The van der Waals surface area contributed by atoms with Crippen LogP contribution < -0.4 is 4.74 Å². The van der Waals surface area contributed by atoms with Crippen LogP contribution in [0.5, 0.6) is 5.75 Å². The minimum atomic E-state index is -1.06. The number of aromatic nitrogens is 1. The Hall–Kier alpha value is -2.12. The molecule has 134 valence electrons. The highest BCUT2D eigenvalue weighted by Gasteiger charge is 2.23. The summed E-state index contributed by atoms with van der Waals surface area (Å²) in [6.45, 7) is 3.30. The average Bonchev–Trinajstić information content (AvgIpc) is 2.85. The number of carboxylic acids is 1. The Morgan fingerprint density at radius 3 is 2.50 bits per heavy atom. The summed E-state index contributed by atoms with van der Waals surface area (Å²) in [6, 6.07) is 10.7. The molecule has 7 heteroatoms. The Kier molecular flexibility index (Phi) is 5.20. The second kappa shape index (κ2) is 7.25. The monoisotopic (exact) mass is 479 g/mol. The SMILES string of the molecule is Cc1cc(Br)cc(Br)c1OCC(=O)n1c(C)c(C(=O)O)c2ccccc21. The van der Waals surface area contributed by atoms with E-state index in [0.717, 1.165) is 14.5 Å². The van der Waals surface area contributed by atoms with Crippen molar-refractivity contribution in [2.45, 2.75) is 13.8 Å². The van der Waals surface area contributed by atoms with E-state index < -0.39 is 5.97 Å². The highest BCUT2D eigenvalue weighted by atomic mass is 79.9. The molecule has 5 nitrogen and oxygen atoms in total. The van der Waals surface area contributed by atoms with Gasteiger partial charge < -0.3 is 9.84 Å². The summed E-state index contributed by atoms with van der Waals surface area (Å²) in [4.78, 5) is 24.4. The number of para-hydroxylation sites is 1. The Bertz CT molecular complexity index is 1020. The number of aromatic carboxylic acids is 1. The van der Waals surface area contributed by atoms with Crippen molar-refractivity contribution in [3.63, 3.8) is 0 Å². The lowest BCUT2D eigenvalue weighted by Crippen LogP contribution is -2.21. The zero-order chi connectivity index (χ0) is 19.0. The van der Waals surface area contributed by atoms with E-state index in [1.54, 1.807) is 31.2 Å². The predicted molar refractivity (Wildman–Crippen MR) is 106 cm³/mol. The molecule has 0 amide bonds. The maximum atomic E-state index is 12.8. The summed E-state index contributed by atoms with van der Waals surface area (Å²) in [7, 11) is 0. The highest BCUT2D eigenvalue weighted by molar-refractivity contribution is 9.11. The van der Waals surface area contributed by atoms with Gasteiger partial charge >= 0.3 is 5.97 Å². The van der Waals surface area contributed by atoms with Crippen LogP contribution in [0.2, 0.25) is 0 Å². The third kappa shape index (κ3) is 3.29. The van der Waals surface area contributed by atoms with Gasteiger partial charge in [0.1, 0.15) is 5.75 Å². The van der Waals surface area contributed by atoms with Crippen LogP contribution in [-0.2, 0) is 0 Å². The number of fused-ring (bicyclic) bond motifs is 1. The topological polar surface area (TPSA) is 68.5 Å². The fourth-order valence-corrected chi connectivity index (χ4v) is 4.58. The van der Waals surface area contributed by atoms with Gasteiger partial charge in [-0.15, -0.1) is 0 Å². The molecule has 1 N–H and O–H groups in total. The van der Waals surface area contributed by atoms with Gasteiger partial charge in [0.15, 0.2) is 6.61 Å². The van der Waals surface area contributed by atoms with Crippen LogP contribution in [0.25, 0.3) is 10.9 Å². The molecule has 2 aromatic carbocycles. The van der Waals surface area contributed by atoms with Gasteiger partial charge in [0, 0.05) is 15.6 Å². The van der Waals surface area contributed by atoms with E-state index in [4.69, 9.17) is 4.74 Å². The van der Waals surface area contributed by atoms with E-state index in [2.05, 4.69) is 31.9 Å². The van der Waals surface area contributed by atoms with Crippen LogP contribution in [-0.4, -0.2) is 28.2 Å². The molecular formula is C19H15Br2NO4. The number of nitrogens with zero attached hydrogens (tertiary/aromatic N) is 1. The van der Waals surface area contributed by atoms with Gasteiger partial charge in [0.25, 0.3) is 5.91 Å². The van der Waals surface area contributed by atoms with E-state index in [1.807, 2.05) is 19.1 Å². The molecule has 0 atom stereocenters. The summed E-state index contributed by atoms with van der Waals surface area (Å²) in [5.74, 6) is -0.813. The van der Waals surface area contributed by atoms with Crippen LogP contribution in [0.3, 0.4) is 0 Å². The van der Waals surface area contributed by atoms with Gasteiger partial charge in [0.05, 0.1) is 15.6 Å².